The molecule has 2 amide bonds. The Hall–Kier alpha value is -4.46. The molecule has 2 saturated heterocycles. The van der Waals surface area contributed by atoms with E-state index in [1.165, 1.54) is 6.20 Å². The largest absolute Gasteiger partial charge is 0.390 e. The molecule has 5 aliphatic rings. The number of carbonyl (C=O) groups excluding carboxylic acids is 2. The number of halogens is 3. The van der Waals surface area contributed by atoms with Gasteiger partial charge in [0.1, 0.15) is 6.17 Å². The van der Waals surface area contributed by atoms with Crippen LogP contribution in [0.4, 0.5) is 24.5 Å². The molecule has 3 aliphatic carbocycles. The summed E-state index contributed by atoms with van der Waals surface area (Å²) in [6.07, 6.45) is 2.15. The Balaban J connectivity index is 0.842. The molecule has 0 bridgehead atoms. The number of aliphatic hydroxyl groups is 1. The predicted octanol–water partition coefficient (Wildman–Crippen LogP) is 5.00. The minimum atomic E-state index is -2.52. The van der Waals surface area contributed by atoms with Gasteiger partial charge in [0.05, 0.1) is 28.8 Å². The van der Waals surface area contributed by atoms with E-state index in [9.17, 15) is 27.9 Å². The van der Waals surface area contributed by atoms with Crippen molar-refractivity contribution in [3.8, 4) is 11.4 Å². The van der Waals surface area contributed by atoms with Crippen molar-refractivity contribution in [2.45, 2.75) is 69.6 Å². The Morgan fingerprint density at radius 3 is 2.57 bits per heavy atom. The fourth-order valence-corrected chi connectivity index (χ4v) is 8.88. The maximum absolute atomic E-state index is 13.6. The van der Waals surface area contributed by atoms with E-state index in [-0.39, 0.29) is 28.6 Å². The van der Waals surface area contributed by atoms with E-state index < -0.39 is 30.5 Å². The van der Waals surface area contributed by atoms with Crippen LogP contribution in [0.25, 0.3) is 16.9 Å². The Morgan fingerprint density at radius 2 is 1.86 bits per heavy atom. The first-order valence-corrected chi connectivity index (χ1v) is 16.8. The van der Waals surface area contributed by atoms with Crippen molar-refractivity contribution in [1.29, 1.82) is 0 Å². The van der Waals surface area contributed by atoms with Crippen molar-refractivity contribution < 1.29 is 32.4 Å². The molecule has 3 aromatic heterocycles. The second-order valence-electron chi connectivity index (χ2n) is 15.4. The van der Waals surface area contributed by atoms with Crippen LogP contribution in [-0.2, 0) is 4.79 Å². The second-order valence-corrected chi connectivity index (χ2v) is 15.4. The number of aryl methyl sites for hydroxylation is 1. The van der Waals surface area contributed by atoms with E-state index in [2.05, 4.69) is 25.5 Å². The lowest BCUT2D eigenvalue weighted by atomic mass is 9.54. The molecule has 5 fully saturated rings. The van der Waals surface area contributed by atoms with Crippen molar-refractivity contribution in [3.63, 3.8) is 0 Å². The minimum absolute atomic E-state index is 0.0587. The topological polar surface area (TPSA) is 129 Å². The van der Waals surface area contributed by atoms with Crippen LogP contribution < -0.4 is 10.2 Å². The highest BCUT2D eigenvalue weighted by Crippen LogP contribution is 2.58. The molecule has 14 heteroatoms. The van der Waals surface area contributed by atoms with Crippen molar-refractivity contribution in [2.24, 2.45) is 16.7 Å². The van der Waals surface area contributed by atoms with Crippen molar-refractivity contribution in [3.05, 3.63) is 59.7 Å². The molecular formula is C35H36F3N7O4. The number of nitrogens with one attached hydrogen (secondary N) is 1. The molecule has 256 valence electrons. The molecule has 49 heavy (non-hydrogen) atoms. The number of hydrogen-bond acceptors (Lipinski definition) is 8. The van der Waals surface area contributed by atoms with Gasteiger partial charge in [-0.25, -0.2) is 17.7 Å². The SMILES string of the molecule is Cc1ccc(-c2noc(C3CC4(C3)CN(C(=O)[C@H]3C[C@@H]3F)C4)n2)cc1NC(=O)c1cnn2ccc(N3CC4(C3)CC(O)(CC(F)F)C4)cc12. The zero-order chi connectivity index (χ0) is 33.9. The first-order valence-electron chi connectivity index (χ1n) is 16.8. The van der Waals surface area contributed by atoms with Crippen LogP contribution in [0.2, 0.25) is 0 Å². The number of anilines is 2. The summed E-state index contributed by atoms with van der Waals surface area (Å²) in [5, 5.41) is 22.0. The number of alkyl halides is 3. The van der Waals surface area contributed by atoms with Gasteiger partial charge >= 0.3 is 0 Å². The van der Waals surface area contributed by atoms with Crippen LogP contribution in [0.15, 0.2) is 47.2 Å². The maximum atomic E-state index is 13.6. The van der Waals surface area contributed by atoms with Crippen LogP contribution in [0.3, 0.4) is 0 Å². The van der Waals surface area contributed by atoms with Crippen LogP contribution in [-0.4, -0.2) is 86.0 Å². The summed E-state index contributed by atoms with van der Waals surface area (Å²) < 4.78 is 46.2. The molecule has 0 radical (unpaired) electrons. The van der Waals surface area contributed by atoms with E-state index in [4.69, 9.17) is 4.52 Å². The molecule has 11 nitrogen and oxygen atoms in total. The molecule has 2 aliphatic heterocycles. The van der Waals surface area contributed by atoms with E-state index in [0.29, 0.717) is 79.5 Å². The number of carbonyl (C=O) groups is 2. The zero-order valence-electron chi connectivity index (χ0n) is 26.9. The van der Waals surface area contributed by atoms with Gasteiger partial charge in [-0.2, -0.15) is 10.1 Å². The van der Waals surface area contributed by atoms with Gasteiger partial charge in [0.2, 0.25) is 24.0 Å². The number of hydrogen-bond donors (Lipinski definition) is 2. The number of nitrogens with zero attached hydrogens (tertiary/aromatic N) is 6. The van der Waals surface area contributed by atoms with Gasteiger partial charge in [-0.3, -0.25) is 9.59 Å². The third-order valence-corrected chi connectivity index (χ3v) is 11.4. The first-order chi connectivity index (χ1) is 23.4. The molecule has 2 atom stereocenters. The van der Waals surface area contributed by atoms with Gasteiger partial charge in [0.15, 0.2) is 0 Å². The smallest absolute Gasteiger partial charge is 0.259 e. The third-order valence-electron chi connectivity index (χ3n) is 11.4. The van der Waals surface area contributed by atoms with Crippen LogP contribution >= 0.6 is 0 Å². The molecule has 4 aromatic rings. The number of likely N-dealkylation sites (tertiary alicyclic amines) is 1. The Bertz CT molecular complexity index is 1980. The van der Waals surface area contributed by atoms with E-state index in [1.807, 2.05) is 37.3 Å². The van der Waals surface area contributed by atoms with Crippen LogP contribution in [0.5, 0.6) is 0 Å². The molecule has 0 unspecified atom stereocenters. The first kappa shape index (κ1) is 30.6. The van der Waals surface area contributed by atoms with E-state index >= 15 is 0 Å². The van der Waals surface area contributed by atoms with Gasteiger partial charge in [0, 0.05) is 72.5 Å². The summed E-state index contributed by atoms with van der Waals surface area (Å²) >= 11 is 0. The number of rotatable bonds is 8. The normalized spacial score (nSPS) is 24.4. The van der Waals surface area contributed by atoms with E-state index in [1.54, 1.807) is 15.6 Å². The van der Waals surface area contributed by atoms with E-state index in [0.717, 1.165) is 24.1 Å². The summed E-state index contributed by atoms with van der Waals surface area (Å²) in [5.41, 5.74) is 2.73. The average Bonchev–Trinajstić information content (AvgIpc) is 3.33. The highest BCUT2D eigenvalue weighted by Gasteiger charge is 2.60. The lowest BCUT2D eigenvalue weighted by molar-refractivity contribution is -0.161. The summed E-state index contributed by atoms with van der Waals surface area (Å²) in [6.45, 7) is 4.55. The summed E-state index contributed by atoms with van der Waals surface area (Å²) in [4.78, 5) is 34.4. The van der Waals surface area contributed by atoms with Crippen LogP contribution in [0.1, 0.15) is 66.3 Å². The second kappa shape index (κ2) is 10.5. The Morgan fingerprint density at radius 1 is 1.10 bits per heavy atom. The fourth-order valence-electron chi connectivity index (χ4n) is 8.88. The molecule has 9 rings (SSSR count). The molecule has 1 aromatic carbocycles. The van der Waals surface area contributed by atoms with Crippen molar-refractivity contribution in [1.82, 2.24) is 24.7 Å². The van der Waals surface area contributed by atoms with Gasteiger partial charge in [-0.15, -0.1) is 0 Å². The molecule has 2 spiro atoms. The minimum Gasteiger partial charge on any atom is -0.390 e. The summed E-state index contributed by atoms with van der Waals surface area (Å²) in [6, 6.07) is 9.40. The molecule has 2 N–H and O–H groups in total. The monoisotopic (exact) mass is 675 g/mol. The standard InChI is InChI=1S/C35H36F3N7O4/c1-19-2-3-20(29-41-31(49-42-29)21-9-33(10-21)15-44(16-33)32(47)23-8-25(23)36)6-26(19)40-30(46)24-12-39-45-5-4-22(7-27(24)45)43-17-34(18-43)13-35(48,14-34)11-28(37)38/h2-7,12,21,23,25,28,48H,8-11,13-18H2,1H3,(H,40,46)/t23-,25-/m0/s1. The number of fused-ring (bicyclic) bond motifs is 1. The molecule has 5 heterocycles. The number of pyridine rings is 1. The van der Waals surface area contributed by atoms with Gasteiger partial charge < -0.3 is 24.7 Å². The Kier molecular flexibility index (Phi) is 6.57. The number of benzene rings is 1. The van der Waals surface area contributed by atoms with Gasteiger partial charge in [-0.1, -0.05) is 17.3 Å². The van der Waals surface area contributed by atoms with Crippen molar-refractivity contribution in [2.75, 3.05) is 36.4 Å². The van der Waals surface area contributed by atoms with Crippen LogP contribution in [0, 0.1) is 23.7 Å². The lowest BCUT2D eigenvalue weighted by Crippen LogP contribution is -2.68. The van der Waals surface area contributed by atoms with Gasteiger partial charge in [-0.05, 0) is 62.8 Å². The number of aromatic nitrogens is 4. The summed E-state index contributed by atoms with van der Waals surface area (Å²) in [5.74, 6) is 0.273. The quantitative estimate of drug-likeness (QED) is 0.267. The average molecular weight is 676 g/mol. The highest BCUT2D eigenvalue weighted by molar-refractivity contribution is 6.09. The fraction of sp³-hybridized carbons (Fsp3) is 0.514. The van der Waals surface area contributed by atoms with Crippen molar-refractivity contribution >= 4 is 28.7 Å². The Labute approximate surface area is 279 Å². The third kappa shape index (κ3) is 5.17. The molecular weight excluding hydrogens is 639 g/mol. The summed E-state index contributed by atoms with van der Waals surface area (Å²) in [7, 11) is 0. The zero-order valence-corrected chi connectivity index (χ0v) is 26.9. The maximum Gasteiger partial charge on any atom is 0.259 e. The lowest BCUT2D eigenvalue weighted by Gasteiger charge is -2.63. The highest BCUT2D eigenvalue weighted by atomic mass is 19.3. The predicted molar refractivity (Wildman–Crippen MR) is 171 cm³/mol. The number of amides is 2. The van der Waals surface area contributed by atoms with Gasteiger partial charge in [0.25, 0.3) is 5.91 Å². The molecule has 3 saturated carbocycles.